The molecular formula is C29H29NO7. The zero-order valence-corrected chi connectivity index (χ0v) is 20.5. The van der Waals surface area contributed by atoms with Crippen molar-refractivity contribution in [3.63, 3.8) is 0 Å². The molecule has 192 valence electrons. The number of rotatable bonds is 2. The van der Waals surface area contributed by atoms with Crippen LogP contribution in [0.3, 0.4) is 0 Å². The smallest absolute Gasteiger partial charge is 0.355 e. The average molecular weight is 504 g/mol. The van der Waals surface area contributed by atoms with Crippen LogP contribution in [0.2, 0.25) is 0 Å². The van der Waals surface area contributed by atoms with E-state index in [1.165, 1.54) is 18.2 Å². The molecule has 0 radical (unpaired) electrons. The van der Waals surface area contributed by atoms with Gasteiger partial charge in [0, 0.05) is 18.5 Å². The summed E-state index contributed by atoms with van der Waals surface area (Å²) in [7, 11) is 0. The Hall–Kier alpha value is -4.56. The molecule has 0 aromatic carbocycles. The third-order valence-electron chi connectivity index (χ3n) is 5.19. The molecule has 8 nitrogen and oxygen atoms in total. The molecule has 37 heavy (non-hydrogen) atoms. The van der Waals surface area contributed by atoms with Gasteiger partial charge in [0.15, 0.2) is 11.5 Å². The molecule has 0 aromatic rings. The summed E-state index contributed by atoms with van der Waals surface area (Å²) in [6.45, 7) is 5.41. The maximum absolute atomic E-state index is 13.0. The Bertz CT molecular complexity index is 1220. The zero-order chi connectivity index (χ0) is 25.9. The Morgan fingerprint density at radius 2 is 1.70 bits per heavy atom. The molecule has 0 spiro atoms. The summed E-state index contributed by atoms with van der Waals surface area (Å²) in [5, 5.41) is 0. The van der Waals surface area contributed by atoms with Crippen molar-refractivity contribution >= 4 is 23.4 Å². The summed E-state index contributed by atoms with van der Waals surface area (Å²) in [4.78, 5) is 52.3. The number of allylic oxidation sites excluding steroid dienone is 14. The molecule has 2 N–H and O–H groups in total. The molecule has 0 saturated carbocycles. The highest BCUT2D eigenvalue weighted by Gasteiger charge is 2.33. The van der Waals surface area contributed by atoms with E-state index in [-0.39, 0.29) is 35.7 Å². The number of amides is 1. The second-order valence-electron chi connectivity index (χ2n) is 7.96. The number of esters is 1. The van der Waals surface area contributed by atoms with Gasteiger partial charge >= 0.3 is 11.9 Å². The van der Waals surface area contributed by atoms with Gasteiger partial charge in [-0.2, -0.15) is 0 Å². The summed E-state index contributed by atoms with van der Waals surface area (Å²) < 4.78 is 11.1. The van der Waals surface area contributed by atoms with Crippen LogP contribution in [0.1, 0.15) is 19.8 Å². The van der Waals surface area contributed by atoms with E-state index < -0.39 is 23.8 Å². The summed E-state index contributed by atoms with van der Waals surface area (Å²) in [6, 6.07) is 0. The Kier molecular flexibility index (Phi) is 10.9. The van der Waals surface area contributed by atoms with Crippen molar-refractivity contribution in [2.24, 2.45) is 0 Å². The summed E-state index contributed by atoms with van der Waals surface area (Å²) in [6.07, 6.45) is 24.4. The van der Waals surface area contributed by atoms with Gasteiger partial charge in [0.2, 0.25) is 0 Å². The number of carbonyl (C=O) groups excluding carboxylic acids is 4. The van der Waals surface area contributed by atoms with E-state index in [0.717, 1.165) is 4.90 Å². The second-order valence-corrected chi connectivity index (χ2v) is 7.96. The molecule has 0 saturated heterocycles. The lowest BCUT2D eigenvalue weighted by molar-refractivity contribution is -0.150. The molecule has 0 aromatic heterocycles. The van der Waals surface area contributed by atoms with Gasteiger partial charge in [-0.3, -0.25) is 19.3 Å². The van der Waals surface area contributed by atoms with E-state index in [4.69, 9.17) is 9.47 Å². The van der Waals surface area contributed by atoms with Crippen LogP contribution in [0.25, 0.3) is 0 Å². The normalized spacial score (nSPS) is 20.8. The quantitative estimate of drug-likeness (QED) is 0.323. The predicted octanol–water partition coefficient (Wildman–Crippen LogP) is 3.44. The fraction of sp³-hybridized carbons (Fsp3) is 0.172. The lowest BCUT2D eigenvalue weighted by Crippen LogP contribution is -2.41. The molecule has 0 aliphatic carbocycles. The van der Waals surface area contributed by atoms with E-state index in [9.17, 15) is 19.2 Å². The van der Waals surface area contributed by atoms with Gasteiger partial charge in [0.1, 0.15) is 17.6 Å². The molecular weight excluding hydrogens is 474 g/mol. The minimum absolute atomic E-state index is 0. The maximum Gasteiger partial charge on any atom is 0.355 e. The molecule has 3 aliphatic rings. The van der Waals surface area contributed by atoms with Crippen molar-refractivity contribution in [3.8, 4) is 0 Å². The minimum atomic E-state index is -0.910. The Morgan fingerprint density at radius 1 is 0.946 bits per heavy atom. The SMILES string of the molecule is C=CCC1=CC=CC=CC=C2C=CC=C(O2)C(=O)C(=O)N2CC=CC=C2C(=O)OC(C)CC=CC1=O.O. The number of Topliss-reactive ketones (excluding diaryl/α,β-unsaturated/α-hetero) is 1. The van der Waals surface area contributed by atoms with E-state index >= 15 is 0 Å². The second kappa shape index (κ2) is 14.1. The summed E-state index contributed by atoms with van der Waals surface area (Å²) in [5.74, 6) is -2.52. The molecule has 3 rings (SSSR count). The number of nitrogens with zero attached hydrogens (tertiary/aromatic N) is 1. The van der Waals surface area contributed by atoms with Crippen molar-refractivity contribution in [1.29, 1.82) is 0 Å². The van der Waals surface area contributed by atoms with Gasteiger partial charge in [0.05, 0.1) is 0 Å². The van der Waals surface area contributed by atoms with Crippen LogP contribution in [-0.4, -0.2) is 46.5 Å². The lowest BCUT2D eigenvalue weighted by Gasteiger charge is -2.25. The number of ketones is 2. The average Bonchev–Trinajstić information content (AvgIpc) is 2.88. The Labute approximate surface area is 215 Å². The standard InChI is InChI=1S/C29H27NO6.H2O/c1-3-12-22-14-6-4-5-7-15-23-16-11-19-26(36-23)27(32)28(33)30-20-9-8-17-24(30)29(34)35-21(2)13-10-18-25(22)31;/h3-11,14-19,21H,1,12-13,20H2,2H3;1H2. The van der Waals surface area contributed by atoms with Gasteiger partial charge in [-0.15, -0.1) is 6.58 Å². The first-order valence-corrected chi connectivity index (χ1v) is 11.5. The third-order valence-corrected chi connectivity index (χ3v) is 5.19. The molecule has 3 aliphatic heterocycles. The number of carbonyl (C=O) groups is 4. The zero-order valence-electron chi connectivity index (χ0n) is 20.5. The fourth-order valence-corrected chi connectivity index (χ4v) is 3.37. The Balaban J connectivity index is 0.00000481. The molecule has 1 amide bonds. The van der Waals surface area contributed by atoms with Crippen LogP contribution < -0.4 is 0 Å². The third kappa shape index (κ3) is 7.98. The van der Waals surface area contributed by atoms with Gasteiger partial charge in [-0.1, -0.05) is 60.8 Å². The van der Waals surface area contributed by atoms with Gasteiger partial charge in [0.25, 0.3) is 5.78 Å². The van der Waals surface area contributed by atoms with E-state index in [1.807, 2.05) is 0 Å². The molecule has 8 heteroatoms. The van der Waals surface area contributed by atoms with Gasteiger partial charge in [-0.25, -0.2) is 4.79 Å². The van der Waals surface area contributed by atoms with Crippen LogP contribution in [0.5, 0.6) is 0 Å². The number of ether oxygens (including phenoxy) is 2. The first kappa shape index (κ1) is 28.7. The highest BCUT2D eigenvalue weighted by molar-refractivity contribution is 6.42. The van der Waals surface area contributed by atoms with Crippen molar-refractivity contribution in [1.82, 2.24) is 4.90 Å². The van der Waals surface area contributed by atoms with Crippen LogP contribution in [0.15, 0.2) is 121 Å². The van der Waals surface area contributed by atoms with Crippen molar-refractivity contribution in [2.75, 3.05) is 6.54 Å². The Morgan fingerprint density at radius 3 is 2.46 bits per heavy atom. The highest BCUT2D eigenvalue weighted by Crippen LogP contribution is 2.20. The van der Waals surface area contributed by atoms with Crippen molar-refractivity contribution in [2.45, 2.75) is 25.9 Å². The molecule has 1 unspecified atom stereocenters. The van der Waals surface area contributed by atoms with E-state index in [1.54, 1.807) is 79.8 Å². The first-order chi connectivity index (χ1) is 17.4. The molecule has 2 bridgehead atoms. The number of fused-ring (bicyclic) bond motifs is 3. The van der Waals surface area contributed by atoms with E-state index in [2.05, 4.69) is 6.58 Å². The summed E-state index contributed by atoms with van der Waals surface area (Å²) in [5.41, 5.74) is 0.501. The molecule has 1 atom stereocenters. The topological polar surface area (TPSA) is 121 Å². The fourth-order valence-electron chi connectivity index (χ4n) is 3.37. The largest absolute Gasteiger partial charge is 0.458 e. The molecule has 0 fully saturated rings. The number of hydrogen-bond acceptors (Lipinski definition) is 6. The van der Waals surface area contributed by atoms with Gasteiger partial charge < -0.3 is 14.9 Å². The number of hydrogen-bond donors (Lipinski definition) is 0. The van der Waals surface area contributed by atoms with E-state index in [0.29, 0.717) is 17.8 Å². The summed E-state index contributed by atoms with van der Waals surface area (Å²) >= 11 is 0. The highest BCUT2D eigenvalue weighted by atomic mass is 16.5. The van der Waals surface area contributed by atoms with Crippen LogP contribution >= 0.6 is 0 Å². The van der Waals surface area contributed by atoms with Crippen LogP contribution in [0.4, 0.5) is 0 Å². The van der Waals surface area contributed by atoms with Crippen LogP contribution in [-0.2, 0) is 28.7 Å². The van der Waals surface area contributed by atoms with Gasteiger partial charge in [-0.05, 0) is 43.7 Å². The first-order valence-electron chi connectivity index (χ1n) is 11.5. The molecule has 3 heterocycles. The van der Waals surface area contributed by atoms with Crippen LogP contribution in [0, 0.1) is 0 Å². The monoisotopic (exact) mass is 503 g/mol. The lowest BCUT2D eigenvalue weighted by atomic mass is 10.1. The number of cyclic esters (lactones) is 1. The maximum atomic E-state index is 13.0. The van der Waals surface area contributed by atoms with Crippen molar-refractivity contribution < 1.29 is 34.1 Å². The minimum Gasteiger partial charge on any atom is -0.458 e. The predicted molar refractivity (Wildman–Crippen MR) is 139 cm³/mol. The van der Waals surface area contributed by atoms with Crippen molar-refractivity contribution in [3.05, 3.63) is 121 Å².